The third-order valence-corrected chi connectivity index (χ3v) is 8.69. The van der Waals surface area contributed by atoms with Gasteiger partial charge in [-0.15, -0.1) is 11.8 Å². The Hall–Kier alpha value is -1.00. The van der Waals surface area contributed by atoms with Crippen molar-refractivity contribution in [2.45, 2.75) is 96.1 Å². The molecule has 1 fully saturated rings. The highest BCUT2D eigenvalue weighted by atomic mass is 32.2. The summed E-state index contributed by atoms with van der Waals surface area (Å²) in [5.74, 6) is 1.32. The fourth-order valence-corrected chi connectivity index (χ4v) is 6.71. The third kappa shape index (κ3) is 9.09. The van der Waals surface area contributed by atoms with Crippen molar-refractivity contribution in [1.82, 2.24) is 0 Å². The average Bonchev–Trinajstić information content (AvgIpc) is 3.09. The molecule has 0 N–H and O–H groups in total. The van der Waals surface area contributed by atoms with E-state index in [1.807, 2.05) is 18.2 Å². The van der Waals surface area contributed by atoms with Gasteiger partial charge < -0.3 is 0 Å². The number of hydrogen-bond donors (Lipinski definition) is 0. The maximum absolute atomic E-state index is 13.4. The van der Waals surface area contributed by atoms with Gasteiger partial charge in [-0.05, 0) is 69.4 Å². The molecule has 2 rings (SSSR count). The van der Waals surface area contributed by atoms with Crippen molar-refractivity contribution in [2.75, 3.05) is 5.75 Å². The molecule has 0 spiro atoms. The second kappa shape index (κ2) is 12.5. The Balaban J connectivity index is 2.03. The van der Waals surface area contributed by atoms with E-state index >= 15 is 0 Å². The minimum Gasteiger partial charge on any atom is -0.299 e. The van der Waals surface area contributed by atoms with Crippen LogP contribution in [0.2, 0.25) is 0 Å². The molecule has 0 aliphatic heterocycles. The van der Waals surface area contributed by atoms with Gasteiger partial charge in [0, 0.05) is 22.0 Å². The van der Waals surface area contributed by atoms with Crippen LogP contribution in [-0.4, -0.2) is 21.4 Å². The fourth-order valence-electron chi connectivity index (χ4n) is 4.85. The molecule has 3 atom stereocenters. The lowest BCUT2D eigenvalue weighted by Crippen LogP contribution is -2.34. The minimum absolute atomic E-state index is 0.0640. The van der Waals surface area contributed by atoms with Crippen LogP contribution in [-0.2, 0) is 9.59 Å². The molecule has 0 aromatic heterocycles. The van der Waals surface area contributed by atoms with Crippen LogP contribution in [0.4, 0.5) is 0 Å². The van der Waals surface area contributed by atoms with E-state index in [-0.39, 0.29) is 16.1 Å². The van der Waals surface area contributed by atoms with Crippen molar-refractivity contribution < 1.29 is 9.59 Å². The highest BCUT2D eigenvalue weighted by Crippen LogP contribution is 2.52. The summed E-state index contributed by atoms with van der Waals surface area (Å²) in [6.45, 7) is 13.0. The standard InChI is InChI=1S/C28H42O2S2/c1-21(2)12-10-15-24(26(30)32-27(3,4)5)25-16-11-18-28(25,6)19-17-22(29)20-31-23-13-8-7-9-14-23/h7-9,12-14,24-25H,10-11,15-20H2,1-6H3/t24-,25-,28-/m1/s1. The van der Waals surface area contributed by atoms with Gasteiger partial charge >= 0.3 is 0 Å². The topological polar surface area (TPSA) is 34.1 Å². The number of carbonyl (C=O) groups excluding carboxylic acids is 2. The van der Waals surface area contributed by atoms with Crippen LogP contribution in [0.25, 0.3) is 0 Å². The Kier molecular flexibility index (Phi) is 10.6. The number of allylic oxidation sites excluding steroid dienone is 2. The van der Waals surface area contributed by atoms with E-state index < -0.39 is 0 Å². The van der Waals surface area contributed by atoms with Crippen LogP contribution in [0, 0.1) is 17.3 Å². The first-order chi connectivity index (χ1) is 15.0. The van der Waals surface area contributed by atoms with Gasteiger partial charge in [0.05, 0.1) is 5.75 Å². The summed E-state index contributed by atoms with van der Waals surface area (Å²) < 4.78 is -0.0640. The maximum atomic E-state index is 13.4. The van der Waals surface area contributed by atoms with E-state index in [4.69, 9.17) is 0 Å². The lowest BCUT2D eigenvalue weighted by Gasteiger charge is -2.37. The normalized spacial score (nSPS) is 21.9. The smallest absolute Gasteiger partial charge is 0.192 e. The van der Waals surface area contributed by atoms with Crippen LogP contribution in [0.15, 0.2) is 46.9 Å². The fraction of sp³-hybridized carbons (Fsp3) is 0.643. The third-order valence-electron chi connectivity index (χ3n) is 6.50. The molecule has 0 heterocycles. The van der Waals surface area contributed by atoms with Gasteiger partial charge in [0.2, 0.25) is 0 Å². The molecule has 1 aromatic rings. The van der Waals surface area contributed by atoms with E-state index in [9.17, 15) is 9.59 Å². The molecule has 1 aromatic carbocycles. The highest BCUT2D eigenvalue weighted by molar-refractivity contribution is 8.14. The van der Waals surface area contributed by atoms with Crippen LogP contribution >= 0.6 is 23.5 Å². The predicted molar refractivity (Wildman–Crippen MR) is 141 cm³/mol. The summed E-state index contributed by atoms with van der Waals surface area (Å²) in [5.41, 5.74) is 1.40. The molecule has 0 saturated heterocycles. The van der Waals surface area contributed by atoms with Gasteiger partial charge in [-0.3, -0.25) is 9.59 Å². The van der Waals surface area contributed by atoms with Crippen molar-refractivity contribution in [2.24, 2.45) is 17.3 Å². The summed E-state index contributed by atoms with van der Waals surface area (Å²) >= 11 is 3.14. The van der Waals surface area contributed by atoms with E-state index in [2.05, 4.69) is 59.8 Å². The second-order valence-electron chi connectivity index (χ2n) is 10.8. The summed E-state index contributed by atoms with van der Waals surface area (Å²) in [4.78, 5) is 27.2. The van der Waals surface area contributed by atoms with Gasteiger partial charge in [-0.2, -0.15) is 0 Å². The van der Waals surface area contributed by atoms with E-state index in [1.54, 1.807) is 11.8 Å². The van der Waals surface area contributed by atoms with Crippen molar-refractivity contribution >= 4 is 34.4 Å². The zero-order valence-corrected chi connectivity index (χ0v) is 22.5. The number of rotatable bonds is 11. The number of Topliss-reactive ketones (excluding diaryl/α,β-unsaturated/α-hetero) is 1. The largest absolute Gasteiger partial charge is 0.299 e. The molecule has 1 aliphatic rings. The number of ketones is 1. The van der Waals surface area contributed by atoms with E-state index in [1.165, 1.54) is 23.8 Å². The summed E-state index contributed by atoms with van der Waals surface area (Å²) in [6, 6.07) is 10.1. The Morgan fingerprint density at radius 1 is 1.19 bits per heavy atom. The molecule has 2 nitrogen and oxygen atoms in total. The maximum Gasteiger partial charge on any atom is 0.192 e. The zero-order chi connectivity index (χ0) is 23.8. The highest BCUT2D eigenvalue weighted by Gasteiger charge is 2.45. The van der Waals surface area contributed by atoms with Crippen LogP contribution in [0.1, 0.15) is 86.5 Å². The SMILES string of the molecule is CC(C)=CCC[C@@H](C(=O)SC(C)(C)C)[C@H]1CCC[C@]1(C)CCC(=O)CSc1ccccc1. The molecule has 0 bridgehead atoms. The predicted octanol–water partition coefficient (Wildman–Crippen LogP) is 8.36. The minimum atomic E-state index is -0.0640. The summed E-state index contributed by atoms with van der Waals surface area (Å²) in [6.07, 6.45) is 9.07. The van der Waals surface area contributed by atoms with E-state index in [0.29, 0.717) is 29.0 Å². The quantitative estimate of drug-likeness (QED) is 0.238. The molecule has 178 valence electrons. The summed E-state index contributed by atoms with van der Waals surface area (Å²) in [5, 5.41) is 0.351. The molecule has 1 aliphatic carbocycles. The molecule has 1 saturated carbocycles. The first kappa shape index (κ1) is 27.2. The Morgan fingerprint density at radius 3 is 2.50 bits per heavy atom. The van der Waals surface area contributed by atoms with Gasteiger partial charge in [0.1, 0.15) is 5.78 Å². The van der Waals surface area contributed by atoms with Crippen LogP contribution in [0.3, 0.4) is 0 Å². The van der Waals surface area contributed by atoms with Crippen LogP contribution < -0.4 is 0 Å². The summed E-state index contributed by atoms with van der Waals surface area (Å²) in [7, 11) is 0. The van der Waals surface area contributed by atoms with Gasteiger partial charge in [0.25, 0.3) is 0 Å². The molecule has 0 unspecified atom stereocenters. The molecule has 0 amide bonds. The van der Waals surface area contributed by atoms with Crippen LogP contribution in [0.5, 0.6) is 0 Å². The lowest BCUT2D eigenvalue weighted by atomic mass is 9.69. The number of thioether (sulfide) groups is 2. The number of carbonyl (C=O) groups is 2. The molecule has 4 heteroatoms. The Bertz CT molecular complexity index is 774. The van der Waals surface area contributed by atoms with Gasteiger partial charge in [0.15, 0.2) is 5.12 Å². The Labute approximate surface area is 204 Å². The van der Waals surface area contributed by atoms with Gasteiger partial charge in [-0.25, -0.2) is 0 Å². The first-order valence-electron chi connectivity index (χ1n) is 12.1. The Morgan fingerprint density at radius 2 is 1.88 bits per heavy atom. The molecule has 0 radical (unpaired) electrons. The lowest BCUT2D eigenvalue weighted by molar-refractivity contribution is -0.118. The van der Waals surface area contributed by atoms with Crippen molar-refractivity contribution in [3.8, 4) is 0 Å². The van der Waals surface area contributed by atoms with E-state index in [0.717, 1.165) is 37.0 Å². The molecular weight excluding hydrogens is 432 g/mol. The monoisotopic (exact) mass is 474 g/mol. The zero-order valence-electron chi connectivity index (χ0n) is 20.9. The van der Waals surface area contributed by atoms with Crippen molar-refractivity contribution in [3.05, 3.63) is 42.0 Å². The average molecular weight is 475 g/mol. The number of hydrogen-bond acceptors (Lipinski definition) is 4. The molecule has 32 heavy (non-hydrogen) atoms. The van der Waals surface area contributed by atoms with Crippen molar-refractivity contribution in [3.63, 3.8) is 0 Å². The van der Waals surface area contributed by atoms with Crippen molar-refractivity contribution in [1.29, 1.82) is 0 Å². The van der Waals surface area contributed by atoms with Gasteiger partial charge in [-0.1, -0.05) is 75.7 Å². The molecular formula is C28H42O2S2. The first-order valence-corrected chi connectivity index (χ1v) is 13.9. The second-order valence-corrected chi connectivity index (χ2v) is 13.7. The number of benzene rings is 1.